The average Bonchev–Trinajstić information content (AvgIpc) is 2.97. The number of benzene rings is 1. The van der Waals surface area contributed by atoms with E-state index in [-0.39, 0.29) is 0 Å². The fourth-order valence-corrected chi connectivity index (χ4v) is 2.15. The average molecular weight is 267 g/mol. The monoisotopic (exact) mass is 267 g/mol. The summed E-state index contributed by atoms with van der Waals surface area (Å²) in [6.45, 7) is 2.84. The molecule has 0 aliphatic carbocycles. The van der Waals surface area contributed by atoms with Gasteiger partial charge in [0.05, 0.1) is 16.7 Å². The largest absolute Gasteiger partial charge is 0.369 e. The van der Waals surface area contributed by atoms with E-state index in [1.165, 1.54) is 0 Å². The number of nitrogens with zero attached hydrogens (tertiary/aromatic N) is 3. The van der Waals surface area contributed by atoms with Gasteiger partial charge in [-0.2, -0.15) is 0 Å². The molecule has 102 valence electrons. The predicted molar refractivity (Wildman–Crippen MR) is 79.7 cm³/mol. The molecule has 5 nitrogen and oxygen atoms in total. The third-order valence-electron chi connectivity index (χ3n) is 3.18. The second-order valence-electron chi connectivity index (χ2n) is 4.71. The maximum Gasteiger partial charge on any atom is 0.148 e. The number of H-pyrrole nitrogens is 1. The van der Waals surface area contributed by atoms with Gasteiger partial charge in [-0.15, -0.1) is 0 Å². The summed E-state index contributed by atoms with van der Waals surface area (Å²) in [7, 11) is 0. The number of nitrogens with one attached hydrogen (secondary N) is 2. The number of aromatic nitrogens is 4. The molecule has 0 unspecified atom stereocenters. The fraction of sp³-hybridized carbons (Fsp3) is 0.267. The van der Waals surface area contributed by atoms with Crippen molar-refractivity contribution in [2.24, 2.45) is 0 Å². The molecule has 0 aliphatic heterocycles. The molecule has 0 saturated heterocycles. The quantitative estimate of drug-likeness (QED) is 0.697. The van der Waals surface area contributed by atoms with Crippen molar-refractivity contribution in [2.45, 2.75) is 19.8 Å². The van der Waals surface area contributed by atoms with Gasteiger partial charge in [0.25, 0.3) is 0 Å². The Kier molecular flexibility index (Phi) is 3.58. The van der Waals surface area contributed by atoms with Crippen molar-refractivity contribution in [1.29, 1.82) is 0 Å². The van der Waals surface area contributed by atoms with Crippen molar-refractivity contribution in [1.82, 2.24) is 19.9 Å². The zero-order valence-corrected chi connectivity index (χ0v) is 11.4. The van der Waals surface area contributed by atoms with E-state index in [1.807, 2.05) is 37.4 Å². The molecular formula is C15H17N5. The number of anilines is 1. The van der Waals surface area contributed by atoms with Gasteiger partial charge < -0.3 is 10.3 Å². The first-order chi connectivity index (χ1) is 9.83. The summed E-state index contributed by atoms with van der Waals surface area (Å²) in [6, 6.07) is 7.92. The highest BCUT2D eigenvalue weighted by molar-refractivity contribution is 5.76. The molecule has 2 aromatic heterocycles. The maximum atomic E-state index is 4.61. The van der Waals surface area contributed by atoms with E-state index >= 15 is 0 Å². The number of aryl methyl sites for hydroxylation is 2. The van der Waals surface area contributed by atoms with Crippen LogP contribution in [0.1, 0.15) is 17.9 Å². The maximum absolute atomic E-state index is 4.61. The molecule has 0 radical (unpaired) electrons. The molecule has 0 bridgehead atoms. The molecule has 5 heteroatoms. The van der Waals surface area contributed by atoms with Gasteiger partial charge in [-0.25, -0.2) is 15.0 Å². The third kappa shape index (κ3) is 2.77. The normalized spacial score (nSPS) is 10.8. The van der Waals surface area contributed by atoms with E-state index < -0.39 is 0 Å². The van der Waals surface area contributed by atoms with E-state index in [2.05, 4.69) is 25.3 Å². The van der Waals surface area contributed by atoms with Crippen LogP contribution in [0.3, 0.4) is 0 Å². The summed E-state index contributed by atoms with van der Waals surface area (Å²) in [5.41, 5.74) is 2.79. The van der Waals surface area contributed by atoms with E-state index in [4.69, 9.17) is 0 Å². The molecule has 1 aromatic carbocycles. The summed E-state index contributed by atoms with van der Waals surface area (Å²) in [5, 5.41) is 3.35. The molecule has 2 N–H and O–H groups in total. The van der Waals surface area contributed by atoms with Crippen LogP contribution in [-0.4, -0.2) is 26.5 Å². The molecule has 0 amide bonds. The Hall–Kier alpha value is -2.43. The highest BCUT2D eigenvalue weighted by Crippen LogP contribution is 2.15. The van der Waals surface area contributed by atoms with Crippen LogP contribution >= 0.6 is 0 Å². The van der Waals surface area contributed by atoms with Crippen molar-refractivity contribution in [3.63, 3.8) is 0 Å². The number of para-hydroxylation sites is 2. The zero-order chi connectivity index (χ0) is 13.8. The Morgan fingerprint density at radius 2 is 1.95 bits per heavy atom. The lowest BCUT2D eigenvalue weighted by atomic mass is 10.2. The van der Waals surface area contributed by atoms with Gasteiger partial charge >= 0.3 is 0 Å². The van der Waals surface area contributed by atoms with Gasteiger partial charge in [0, 0.05) is 25.4 Å². The van der Waals surface area contributed by atoms with Crippen LogP contribution in [0.4, 0.5) is 5.82 Å². The fourth-order valence-electron chi connectivity index (χ4n) is 2.15. The van der Waals surface area contributed by atoms with Crippen molar-refractivity contribution in [3.8, 4) is 0 Å². The van der Waals surface area contributed by atoms with E-state index in [0.29, 0.717) is 0 Å². The highest BCUT2D eigenvalue weighted by Gasteiger charge is 2.04. The Labute approximate surface area is 117 Å². The molecule has 0 spiro atoms. The number of imidazole rings is 1. The number of rotatable bonds is 5. The number of hydrogen-bond donors (Lipinski definition) is 2. The molecular weight excluding hydrogens is 250 g/mol. The smallest absolute Gasteiger partial charge is 0.148 e. The molecule has 20 heavy (non-hydrogen) atoms. The van der Waals surface area contributed by atoms with Gasteiger partial charge in [-0.05, 0) is 25.5 Å². The standard InChI is InChI=1S/C15H17N5/c1-11-15(18-8-4-7-14-16-9-10-17-14)20-13-6-3-2-5-12(13)19-11/h2-3,5-6,9-10H,4,7-8H2,1H3,(H,16,17)(H,18,20). The summed E-state index contributed by atoms with van der Waals surface area (Å²) in [5.74, 6) is 1.89. The zero-order valence-electron chi connectivity index (χ0n) is 11.4. The van der Waals surface area contributed by atoms with Crippen LogP contribution in [0, 0.1) is 6.92 Å². The summed E-state index contributed by atoms with van der Waals surface area (Å²) < 4.78 is 0. The summed E-state index contributed by atoms with van der Waals surface area (Å²) in [6.07, 6.45) is 5.56. The van der Waals surface area contributed by atoms with E-state index in [0.717, 1.165) is 47.8 Å². The van der Waals surface area contributed by atoms with Crippen LogP contribution in [0.5, 0.6) is 0 Å². The van der Waals surface area contributed by atoms with Gasteiger partial charge in [-0.3, -0.25) is 0 Å². The van der Waals surface area contributed by atoms with E-state index in [1.54, 1.807) is 6.20 Å². The lowest BCUT2D eigenvalue weighted by molar-refractivity contribution is 0.813. The molecule has 0 aliphatic rings. The second kappa shape index (κ2) is 5.69. The minimum atomic E-state index is 0.856. The van der Waals surface area contributed by atoms with Crippen molar-refractivity contribution in [2.75, 3.05) is 11.9 Å². The lowest BCUT2D eigenvalue weighted by Crippen LogP contribution is -2.07. The molecule has 0 saturated carbocycles. The Balaban J connectivity index is 1.63. The first kappa shape index (κ1) is 12.6. The van der Waals surface area contributed by atoms with Crippen LogP contribution in [-0.2, 0) is 6.42 Å². The van der Waals surface area contributed by atoms with Gasteiger partial charge in [0.15, 0.2) is 0 Å². The minimum absolute atomic E-state index is 0.856. The second-order valence-corrected chi connectivity index (χ2v) is 4.71. The van der Waals surface area contributed by atoms with Gasteiger partial charge in [0.1, 0.15) is 11.6 Å². The SMILES string of the molecule is Cc1nc2ccccc2nc1NCCCc1ncc[nH]1. The molecule has 0 fully saturated rings. The molecule has 2 heterocycles. The lowest BCUT2D eigenvalue weighted by Gasteiger charge is -2.08. The highest BCUT2D eigenvalue weighted by atomic mass is 15.0. The predicted octanol–water partition coefficient (Wildman–Crippen LogP) is 2.71. The number of fused-ring (bicyclic) bond motifs is 1. The Morgan fingerprint density at radius 1 is 1.15 bits per heavy atom. The first-order valence-electron chi connectivity index (χ1n) is 6.78. The van der Waals surface area contributed by atoms with Crippen molar-refractivity contribution < 1.29 is 0 Å². The molecule has 3 aromatic rings. The van der Waals surface area contributed by atoms with Crippen molar-refractivity contribution >= 4 is 16.9 Å². The number of hydrogen-bond acceptors (Lipinski definition) is 4. The van der Waals surface area contributed by atoms with Crippen molar-refractivity contribution in [3.05, 3.63) is 48.2 Å². The Bertz CT molecular complexity index is 691. The first-order valence-corrected chi connectivity index (χ1v) is 6.78. The van der Waals surface area contributed by atoms with Crippen LogP contribution < -0.4 is 5.32 Å². The van der Waals surface area contributed by atoms with Gasteiger partial charge in [0.2, 0.25) is 0 Å². The van der Waals surface area contributed by atoms with Crippen LogP contribution in [0.2, 0.25) is 0 Å². The Morgan fingerprint density at radius 3 is 2.70 bits per heavy atom. The number of aromatic amines is 1. The van der Waals surface area contributed by atoms with Gasteiger partial charge in [-0.1, -0.05) is 12.1 Å². The molecule has 0 atom stereocenters. The van der Waals surface area contributed by atoms with E-state index in [9.17, 15) is 0 Å². The molecule has 3 rings (SSSR count). The summed E-state index contributed by atoms with van der Waals surface area (Å²) >= 11 is 0. The van der Waals surface area contributed by atoms with Crippen LogP contribution in [0.15, 0.2) is 36.7 Å². The minimum Gasteiger partial charge on any atom is -0.369 e. The third-order valence-corrected chi connectivity index (χ3v) is 3.18. The topological polar surface area (TPSA) is 66.5 Å². The summed E-state index contributed by atoms with van der Waals surface area (Å²) in [4.78, 5) is 16.5. The van der Waals surface area contributed by atoms with Crippen LogP contribution in [0.25, 0.3) is 11.0 Å².